The molecule has 0 aliphatic rings. The average molecular weight is 194 g/mol. The second kappa shape index (κ2) is 4.36. The van der Waals surface area contributed by atoms with Crippen LogP contribution >= 0.6 is 0 Å². The monoisotopic (exact) mass is 194 g/mol. The topological polar surface area (TPSA) is 17.1 Å². The van der Waals surface area contributed by atoms with Gasteiger partial charge in [-0.2, -0.15) is 0 Å². The van der Waals surface area contributed by atoms with Crippen molar-refractivity contribution < 1.29 is 9.18 Å². The molecule has 14 heavy (non-hydrogen) atoms. The Kier molecular flexibility index (Phi) is 3.39. The highest BCUT2D eigenvalue weighted by Gasteiger charge is 2.07. The molecule has 76 valence electrons. The minimum Gasteiger partial charge on any atom is -0.295 e. The summed E-state index contributed by atoms with van der Waals surface area (Å²) in [4.78, 5) is 11.1. The van der Waals surface area contributed by atoms with Crippen molar-refractivity contribution in [3.8, 4) is 0 Å². The van der Waals surface area contributed by atoms with Gasteiger partial charge in [0.2, 0.25) is 0 Å². The van der Waals surface area contributed by atoms with Gasteiger partial charge >= 0.3 is 0 Å². The predicted octanol–water partition coefficient (Wildman–Crippen LogP) is 3.23. The van der Waals surface area contributed by atoms with Crippen LogP contribution in [0.25, 0.3) is 0 Å². The zero-order valence-electron chi connectivity index (χ0n) is 8.80. The summed E-state index contributed by atoms with van der Waals surface area (Å²) in [5.41, 5.74) is 1.22. The summed E-state index contributed by atoms with van der Waals surface area (Å²) in [6, 6.07) is 4.55. The Morgan fingerprint density at radius 3 is 2.57 bits per heavy atom. The van der Waals surface area contributed by atoms with Gasteiger partial charge in [-0.3, -0.25) is 4.79 Å². The van der Waals surface area contributed by atoms with Gasteiger partial charge in [0.15, 0.2) is 5.78 Å². The SMILES string of the molecule is CC(=O)c1ccc(F)c(CC(C)C)c1. The van der Waals surface area contributed by atoms with Crippen molar-refractivity contribution in [1.82, 2.24) is 0 Å². The van der Waals surface area contributed by atoms with Crippen LogP contribution < -0.4 is 0 Å². The minimum absolute atomic E-state index is 0.0185. The Bertz CT molecular complexity index is 342. The summed E-state index contributed by atoms with van der Waals surface area (Å²) in [6.07, 6.45) is 0.674. The summed E-state index contributed by atoms with van der Waals surface area (Å²) in [5.74, 6) is 0.158. The molecule has 0 bridgehead atoms. The van der Waals surface area contributed by atoms with Gasteiger partial charge in [-0.25, -0.2) is 4.39 Å². The zero-order valence-corrected chi connectivity index (χ0v) is 8.80. The fourth-order valence-electron chi connectivity index (χ4n) is 1.39. The summed E-state index contributed by atoms with van der Waals surface area (Å²) in [7, 11) is 0. The van der Waals surface area contributed by atoms with Crippen LogP contribution in [0.2, 0.25) is 0 Å². The van der Waals surface area contributed by atoms with Crippen LogP contribution in [0.1, 0.15) is 36.7 Å². The smallest absolute Gasteiger partial charge is 0.159 e. The highest BCUT2D eigenvalue weighted by molar-refractivity contribution is 5.94. The molecule has 0 saturated carbocycles. The molecule has 0 N–H and O–H groups in total. The largest absolute Gasteiger partial charge is 0.295 e. The van der Waals surface area contributed by atoms with E-state index in [-0.39, 0.29) is 11.6 Å². The minimum atomic E-state index is -0.219. The molecule has 0 saturated heterocycles. The number of rotatable bonds is 3. The van der Waals surface area contributed by atoms with Gasteiger partial charge in [0, 0.05) is 5.56 Å². The summed E-state index contributed by atoms with van der Waals surface area (Å²) >= 11 is 0. The number of hydrogen-bond donors (Lipinski definition) is 0. The van der Waals surface area contributed by atoms with Gasteiger partial charge in [0.05, 0.1) is 0 Å². The van der Waals surface area contributed by atoms with Crippen LogP contribution in [0.5, 0.6) is 0 Å². The Morgan fingerprint density at radius 2 is 2.07 bits per heavy atom. The highest BCUT2D eigenvalue weighted by Crippen LogP contribution is 2.15. The van der Waals surface area contributed by atoms with E-state index in [1.54, 1.807) is 6.07 Å². The third kappa shape index (κ3) is 2.66. The van der Waals surface area contributed by atoms with E-state index >= 15 is 0 Å². The van der Waals surface area contributed by atoms with Gasteiger partial charge in [0.25, 0.3) is 0 Å². The van der Waals surface area contributed by atoms with Gasteiger partial charge < -0.3 is 0 Å². The van der Waals surface area contributed by atoms with E-state index in [0.29, 0.717) is 23.5 Å². The maximum absolute atomic E-state index is 13.3. The van der Waals surface area contributed by atoms with Crippen LogP contribution in [0.15, 0.2) is 18.2 Å². The Balaban J connectivity index is 3.02. The Hall–Kier alpha value is -1.18. The first kappa shape index (κ1) is 10.9. The average Bonchev–Trinajstić information content (AvgIpc) is 2.07. The number of carbonyl (C=O) groups is 1. The van der Waals surface area contributed by atoms with Crippen molar-refractivity contribution in [3.63, 3.8) is 0 Å². The lowest BCUT2D eigenvalue weighted by atomic mass is 9.99. The van der Waals surface area contributed by atoms with Gasteiger partial charge in [-0.15, -0.1) is 0 Å². The van der Waals surface area contributed by atoms with Crippen molar-refractivity contribution in [2.45, 2.75) is 27.2 Å². The molecule has 0 aromatic heterocycles. The second-order valence-electron chi connectivity index (χ2n) is 3.96. The van der Waals surface area contributed by atoms with E-state index < -0.39 is 0 Å². The number of benzene rings is 1. The third-order valence-electron chi connectivity index (χ3n) is 2.08. The first-order valence-electron chi connectivity index (χ1n) is 4.80. The molecular weight excluding hydrogens is 179 g/mol. The van der Waals surface area contributed by atoms with Crippen molar-refractivity contribution in [2.75, 3.05) is 0 Å². The maximum Gasteiger partial charge on any atom is 0.159 e. The summed E-state index contributed by atoms with van der Waals surface area (Å²) in [6.45, 7) is 5.55. The van der Waals surface area contributed by atoms with Gasteiger partial charge in [-0.05, 0) is 43.0 Å². The highest BCUT2D eigenvalue weighted by atomic mass is 19.1. The lowest BCUT2D eigenvalue weighted by Crippen LogP contribution is -2.01. The molecule has 0 radical (unpaired) electrons. The normalized spacial score (nSPS) is 10.6. The van der Waals surface area contributed by atoms with Crippen LogP contribution in [0.3, 0.4) is 0 Å². The van der Waals surface area contributed by atoms with E-state index in [0.717, 1.165) is 0 Å². The van der Waals surface area contributed by atoms with Crippen LogP contribution in [-0.2, 0) is 6.42 Å². The van der Waals surface area contributed by atoms with E-state index in [1.807, 2.05) is 13.8 Å². The zero-order chi connectivity index (χ0) is 10.7. The number of carbonyl (C=O) groups excluding carboxylic acids is 1. The van der Waals surface area contributed by atoms with Crippen molar-refractivity contribution in [3.05, 3.63) is 35.1 Å². The quantitative estimate of drug-likeness (QED) is 0.675. The van der Waals surface area contributed by atoms with E-state index in [4.69, 9.17) is 0 Å². The van der Waals surface area contributed by atoms with E-state index in [9.17, 15) is 9.18 Å². The molecule has 1 nitrogen and oxygen atoms in total. The van der Waals surface area contributed by atoms with Crippen LogP contribution in [0, 0.1) is 11.7 Å². The molecule has 0 unspecified atom stereocenters. The molecule has 1 aromatic rings. The first-order valence-corrected chi connectivity index (χ1v) is 4.80. The summed E-state index contributed by atoms with van der Waals surface area (Å²) in [5, 5.41) is 0. The molecule has 1 aromatic carbocycles. The molecule has 0 atom stereocenters. The summed E-state index contributed by atoms with van der Waals surface area (Å²) < 4.78 is 13.3. The Labute approximate surface area is 83.9 Å². The molecule has 2 heteroatoms. The van der Waals surface area contributed by atoms with Gasteiger partial charge in [-0.1, -0.05) is 13.8 Å². The molecule has 0 aliphatic carbocycles. The fourth-order valence-corrected chi connectivity index (χ4v) is 1.39. The van der Waals surface area contributed by atoms with Crippen molar-refractivity contribution in [1.29, 1.82) is 0 Å². The molecule has 0 aliphatic heterocycles. The number of hydrogen-bond acceptors (Lipinski definition) is 1. The van der Waals surface area contributed by atoms with Crippen LogP contribution in [-0.4, -0.2) is 5.78 Å². The molecule has 0 heterocycles. The van der Waals surface area contributed by atoms with Crippen molar-refractivity contribution >= 4 is 5.78 Å². The maximum atomic E-state index is 13.3. The van der Waals surface area contributed by atoms with Crippen molar-refractivity contribution in [2.24, 2.45) is 5.92 Å². The van der Waals surface area contributed by atoms with Gasteiger partial charge in [0.1, 0.15) is 5.82 Å². The fraction of sp³-hybridized carbons (Fsp3) is 0.417. The number of halogens is 1. The standard InChI is InChI=1S/C12H15FO/c1-8(2)6-11-7-10(9(3)14)4-5-12(11)13/h4-5,7-8H,6H2,1-3H3. The van der Waals surface area contributed by atoms with E-state index in [1.165, 1.54) is 19.1 Å². The molecule has 0 spiro atoms. The number of ketones is 1. The first-order chi connectivity index (χ1) is 6.50. The lowest BCUT2D eigenvalue weighted by molar-refractivity contribution is 0.101. The Morgan fingerprint density at radius 1 is 1.43 bits per heavy atom. The molecule has 0 fully saturated rings. The molecule has 1 rings (SSSR count). The lowest BCUT2D eigenvalue weighted by Gasteiger charge is -2.07. The number of Topliss-reactive ketones (excluding diaryl/α,β-unsaturated/α-hetero) is 1. The molecular formula is C12H15FO. The third-order valence-corrected chi connectivity index (χ3v) is 2.08. The van der Waals surface area contributed by atoms with Crippen LogP contribution in [0.4, 0.5) is 4.39 Å². The molecule has 0 amide bonds. The second-order valence-corrected chi connectivity index (χ2v) is 3.96. The van der Waals surface area contributed by atoms with E-state index in [2.05, 4.69) is 0 Å². The predicted molar refractivity (Wildman–Crippen MR) is 54.9 cm³/mol.